The highest BCUT2D eigenvalue weighted by molar-refractivity contribution is 6.42. The summed E-state index contributed by atoms with van der Waals surface area (Å²) < 4.78 is 14.8. The molecule has 1 heterocycles. The van der Waals surface area contributed by atoms with Crippen LogP contribution in [-0.2, 0) is 0 Å². The van der Waals surface area contributed by atoms with E-state index in [1.807, 2.05) is 6.92 Å². The highest BCUT2D eigenvalue weighted by atomic mass is 35.5. The van der Waals surface area contributed by atoms with E-state index in [-0.39, 0.29) is 5.69 Å². The topological polar surface area (TPSA) is 46.9 Å². The zero-order chi connectivity index (χ0) is 17.3. The molecule has 1 N–H and O–H groups in total. The van der Waals surface area contributed by atoms with Crippen LogP contribution in [0.15, 0.2) is 48.5 Å². The largest absolute Gasteiger partial charge is 0.320 e. The molecule has 0 atom stereocenters. The van der Waals surface area contributed by atoms with Gasteiger partial charge in [-0.25, -0.2) is 9.07 Å². The van der Waals surface area contributed by atoms with Gasteiger partial charge in [0.05, 0.1) is 15.7 Å². The number of hydrogen-bond donors (Lipinski definition) is 1. The van der Waals surface area contributed by atoms with Crippen LogP contribution in [0.1, 0.15) is 16.2 Å². The molecule has 0 saturated carbocycles. The summed E-state index contributed by atoms with van der Waals surface area (Å²) in [6, 6.07) is 12.4. The van der Waals surface area contributed by atoms with Crippen molar-refractivity contribution in [2.24, 2.45) is 0 Å². The highest BCUT2D eigenvalue weighted by Crippen LogP contribution is 2.25. The standard InChI is InChI=1S/C17H12Cl2FN3O/c1-10-7-16(17(24)21-12-4-2-3-11(20)8-12)22-23(10)13-5-6-14(18)15(19)9-13/h2-9H,1H3,(H,21,24). The first-order valence-corrected chi connectivity index (χ1v) is 7.78. The van der Waals surface area contributed by atoms with Crippen molar-refractivity contribution < 1.29 is 9.18 Å². The zero-order valence-electron chi connectivity index (χ0n) is 12.6. The molecule has 122 valence electrons. The van der Waals surface area contributed by atoms with Crippen LogP contribution in [0.5, 0.6) is 0 Å². The van der Waals surface area contributed by atoms with E-state index in [0.29, 0.717) is 21.4 Å². The lowest BCUT2D eigenvalue weighted by atomic mass is 10.3. The minimum Gasteiger partial charge on any atom is -0.320 e. The second-order valence-electron chi connectivity index (χ2n) is 5.15. The van der Waals surface area contributed by atoms with Crippen LogP contribution >= 0.6 is 23.2 Å². The fourth-order valence-corrected chi connectivity index (χ4v) is 2.52. The molecule has 24 heavy (non-hydrogen) atoms. The van der Waals surface area contributed by atoms with Crippen LogP contribution in [0, 0.1) is 12.7 Å². The minimum atomic E-state index is -0.428. The molecule has 0 radical (unpaired) electrons. The molecular weight excluding hydrogens is 352 g/mol. The molecule has 0 aliphatic rings. The van der Waals surface area contributed by atoms with Crippen LogP contribution in [0.3, 0.4) is 0 Å². The van der Waals surface area contributed by atoms with E-state index in [1.165, 1.54) is 18.2 Å². The van der Waals surface area contributed by atoms with Crippen LogP contribution in [0.2, 0.25) is 10.0 Å². The smallest absolute Gasteiger partial charge is 0.276 e. The van der Waals surface area contributed by atoms with Gasteiger partial charge in [-0.15, -0.1) is 0 Å². The molecule has 0 fully saturated rings. The summed E-state index contributed by atoms with van der Waals surface area (Å²) in [5, 5.41) is 7.73. The van der Waals surface area contributed by atoms with E-state index in [2.05, 4.69) is 10.4 Å². The Morgan fingerprint density at radius 1 is 1.12 bits per heavy atom. The first-order valence-electron chi connectivity index (χ1n) is 7.03. The lowest BCUT2D eigenvalue weighted by Gasteiger charge is -2.05. The van der Waals surface area contributed by atoms with E-state index >= 15 is 0 Å². The van der Waals surface area contributed by atoms with Crippen molar-refractivity contribution >= 4 is 34.8 Å². The zero-order valence-corrected chi connectivity index (χ0v) is 14.1. The number of aromatic nitrogens is 2. The summed E-state index contributed by atoms with van der Waals surface area (Å²) in [7, 11) is 0. The van der Waals surface area contributed by atoms with Crippen molar-refractivity contribution in [1.29, 1.82) is 0 Å². The van der Waals surface area contributed by atoms with Gasteiger partial charge in [0.1, 0.15) is 5.82 Å². The van der Waals surface area contributed by atoms with E-state index in [1.54, 1.807) is 35.0 Å². The molecule has 7 heteroatoms. The number of hydrogen-bond acceptors (Lipinski definition) is 2. The number of nitrogens with one attached hydrogen (secondary N) is 1. The third kappa shape index (κ3) is 3.42. The molecule has 3 rings (SSSR count). The SMILES string of the molecule is Cc1cc(C(=O)Nc2cccc(F)c2)nn1-c1ccc(Cl)c(Cl)c1. The predicted octanol–water partition coefficient (Wildman–Crippen LogP) is 4.88. The van der Waals surface area contributed by atoms with Gasteiger partial charge in [-0.2, -0.15) is 5.10 Å². The Kier molecular flexibility index (Phi) is 4.55. The molecule has 2 aromatic carbocycles. The molecular formula is C17H12Cl2FN3O. The Hall–Kier alpha value is -2.37. The average Bonchev–Trinajstić information content (AvgIpc) is 2.92. The summed E-state index contributed by atoms with van der Waals surface area (Å²) in [5.41, 5.74) is 2.01. The molecule has 0 aliphatic heterocycles. The number of amides is 1. The van der Waals surface area contributed by atoms with Crippen molar-refractivity contribution in [3.8, 4) is 5.69 Å². The third-order valence-electron chi connectivity index (χ3n) is 3.35. The molecule has 3 aromatic rings. The lowest BCUT2D eigenvalue weighted by Crippen LogP contribution is -2.13. The fraction of sp³-hybridized carbons (Fsp3) is 0.0588. The fourth-order valence-electron chi connectivity index (χ4n) is 2.22. The van der Waals surface area contributed by atoms with Gasteiger partial charge in [0.25, 0.3) is 5.91 Å². The number of aryl methyl sites for hydroxylation is 1. The van der Waals surface area contributed by atoms with Gasteiger partial charge in [0.15, 0.2) is 5.69 Å². The number of halogens is 3. The number of carbonyl (C=O) groups is 1. The maximum absolute atomic E-state index is 13.2. The van der Waals surface area contributed by atoms with Gasteiger partial charge < -0.3 is 5.32 Å². The van der Waals surface area contributed by atoms with Crippen LogP contribution in [0.4, 0.5) is 10.1 Å². The maximum atomic E-state index is 13.2. The third-order valence-corrected chi connectivity index (χ3v) is 4.09. The first kappa shape index (κ1) is 16.5. The Morgan fingerprint density at radius 3 is 2.62 bits per heavy atom. The van der Waals surface area contributed by atoms with E-state index in [4.69, 9.17) is 23.2 Å². The van der Waals surface area contributed by atoms with Gasteiger partial charge in [0, 0.05) is 11.4 Å². The van der Waals surface area contributed by atoms with E-state index < -0.39 is 11.7 Å². The lowest BCUT2D eigenvalue weighted by molar-refractivity contribution is 0.102. The summed E-state index contributed by atoms with van der Waals surface area (Å²) in [6.07, 6.45) is 0. The Balaban J connectivity index is 1.88. The van der Waals surface area contributed by atoms with Crippen LogP contribution < -0.4 is 5.32 Å². The Bertz CT molecular complexity index is 924. The second kappa shape index (κ2) is 6.63. The van der Waals surface area contributed by atoms with E-state index in [9.17, 15) is 9.18 Å². The Morgan fingerprint density at radius 2 is 1.92 bits per heavy atom. The Labute approximate surface area is 147 Å². The molecule has 0 unspecified atom stereocenters. The minimum absolute atomic E-state index is 0.211. The molecule has 0 aliphatic carbocycles. The molecule has 0 spiro atoms. The first-order chi connectivity index (χ1) is 11.4. The van der Waals surface area contributed by atoms with Gasteiger partial charge in [-0.3, -0.25) is 4.79 Å². The number of anilines is 1. The summed E-state index contributed by atoms with van der Waals surface area (Å²) in [6.45, 7) is 1.81. The monoisotopic (exact) mass is 363 g/mol. The summed E-state index contributed by atoms with van der Waals surface area (Å²) in [4.78, 5) is 12.3. The average molecular weight is 364 g/mol. The second-order valence-corrected chi connectivity index (χ2v) is 5.96. The molecule has 0 bridgehead atoms. The van der Waals surface area contributed by atoms with Crippen molar-refractivity contribution in [3.05, 3.63) is 75.8 Å². The number of benzene rings is 2. The van der Waals surface area contributed by atoms with Gasteiger partial charge in [-0.05, 0) is 49.4 Å². The van der Waals surface area contributed by atoms with Crippen molar-refractivity contribution in [2.45, 2.75) is 6.92 Å². The van der Waals surface area contributed by atoms with Crippen molar-refractivity contribution in [3.63, 3.8) is 0 Å². The maximum Gasteiger partial charge on any atom is 0.276 e. The summed E-state index contributed by atoms with van der Waals surface area (Å²) in [5.74, 6) is -0.854. The molecule has 0 saturated heterocycles. The molecule has 1 amide bonds. The van der Waals surface area contributed by atoms with Gasteiger partial charge in [-0.1, -0.05) is 29.3 Å². The van der Waals surface area contributed by atoms with Crippen LogP contribution in [-0.4, -0.2) is 15.7 Å². The number of carbonyl (C=O) groups excluding carboxylic acids is 1. The quantitative estimate of drug-likeness (QED) is 0.720. The van der Waals surface area contributed by atoms with Gasteiger partial charge >= 0.3 is 0 Å². The predicted molar refractivity (Wildman–Crippen MR) is 92.7 cm³/mol. The number of nitrogens with zero attached hydrogens (tertiary/aromatic N) is 2. The van der Waals surface area contributed by atoms with E-state index in [0.717, 1.165) is 5.69 Å². The number of rotatable bonds is 3. The van der Waals surface area contributed by atoms with Crippen molar-refractivity contribution in [1.82, 2.24) is 9.78 Å². The highest BCUT2D eigenvalue weighted by Gasteiger charge is 2.14. The molecule has 1 aromatic heterocycles. The van der Waals surface area contributed by atoms with Gasteiger partial charge in [0.2, 0.25) is 0 Å². The van der Waals surface area contributed by atoms with Crippen LogP contribution in [0.25, 0.3) is 5.69 Å². The normalized spacial score (nSPS) is 10.7. The van der Waals surface area contributed by atoms with Crippen molar-refractivity contribution in [2.75, 3.05) is 5.32 Å². The summed E-state index contributed by atoms with van der Waals surface area (Å²) >= 11 is 11.9. The molecule has 4 nitrogen and oxygen atoms in total.